The van der Waals surface area contributed by atoms with E-state index in [9.17, 15) is 19.5 Å². The third-order valence-electron chi connectivity index (χ3n) is 5.32. The van der Waals surface area contributed by atoms with Gasteiger partial charge in [-0.1, -0.05) is 32.0 Å². The Labute approximate surface area is 169 Å². The van der Waals surface area contributed by atoms with E-state index in [1.54, 1.807) is 11.1 Å². The molecule has 1 aliphatic heterocycles. The first-order chi connectivity index (χ1) is 13.8. The van der Waals surface area contributed by atoms with E-state index in [0.717, 1.165) is 22.9 Å². The lowest BCUT2D eigenvalue weighted by Gasteiger charge is -2.35. The molecule has 2 aromatic rings. The summed E-state index contributed by atoms with van der Waals surface area (Å²) in [7, 11) is 0. The van der Waals surface area contributed by atoms with Gasteiger partial charge < -0.3 is 25.6 Å². The van der Waals surface area contributed by atoms with Gasteiger partial charge in [-0.15, -0.1) is 0 Å². The number of aliphatic carboxylic acids is 1. The first kappa shape index (κ1) is 20.7. The van der Waals surface area contributed by atoms with Crippen LogP contribution in [0.1, 0.15) is 25.8 Å². The van der Waals surface area contributed by atoms with Crippen molar-refractivity contribution in [3.05, 3.63) is 36.0 Å². The molecule has 4 N–H and O–H groups in total. The molecule has 0 bridgehead atoms. The number of para-hydroxylation sites is 1. The molecule has 1 aromatic heterocycles. The van der Waals surface area contributed by atoms with E-state index in [1.165, 1.54) is 0 Å². The van der Waals surface area contributed by atoms with Gasteiger partial charge in [0.1, 0.15) is 6.04 Å². The summed E-state index contributed by atoms with van der Waals surface area (Å²) >= 11 is 0. The second kappa shape index (κ2) is 8.98. The largest absolute Gasteiger partial charge is 0.480 e. The zero-order chi connectivity index (χ0) is 21.0. The predicted octanol–water partition coefficient (Wildman–Crippen LogP) is 1.97. The van der Waals surface area contributed by atoms with Crippen molar-refractivity contribution in [1.82, 2.24) is 20.5 Å². The number of likely N-dealkylation sites (tertiary alicyclic amines) is 1. The summed E-state index contributed by atoms with van der Waals surface area (Å²) in [4.78, 5) is 41.1. The van der Waals surface area contributed by atoms with Crippen molar-refractivity contribution in [2.45, 2.75) is 32.7 Å². The second-order valence-corrected chi connectivity index (χ2v) is 8.03. The number of carbonyl (C=O) groups excluding carboxylic acids is 2. The number of rotatable bonds is 6. The summed E-state index contributed by atoms with van der Waals surface area (Å²) in [5.41, 5.74) is 1.72. The highest BCUT2D eigenvalue weighted by Gasteiger charge is 2.26. The molecular formula is C21H28N4O4. The molecule has 0 radical (unpaired) electrons. The monoisotopic (exact) mass is 400 g/mol. The summed E-state index contributed by atoms with van der Waals surface area (Å²) in [6.07, 6.45) is 2.98. The van der Waals surface area contributed by atoms with E-state index >= 15 is 0 Å². The highest BCUT2D eigenvalue weighted by molar-refractivity contribution is 5.88. The van der Waals surface area contributed by atoms with Crippen molar-refractivity contribution in [1.29, 1.82) is 0 Å². The lowest BCUT2D eigenvalue weighted by atomic mass is 9.92. The number of aromatic nitrogens is 1. The van der Waals surface area contributed by atoms with Gasteiger partial charge in [0.05, 0.1) is 6.54 Å². The number of H-pyrrole nitrogens is 1. The summed E-state index contributed by atoms with van der Waals surface area (Å²) < 4.78 is 0. The number of hydrogen-bond donors (Lipinski definition) is 4. The van der Waals surface area contributed by atoms with Gasteiger partial charge >= 0.3 is 12.0 Å². The third-order valence-corrected chi connectivity index (χ3v) is 5.32. The van der Waals surface area contributed by atoms with Crippen LogP contribution in [0.2, 0.25) is 0 Å². The smallest absolute Gasteiger partial charge is 0.326 e. The molecule has 1 aromatic carbocycles. The van der Waals surface area contributed by atoms with Crippen LogP contribution >= 0.6 is 0 Å². The number of nitrogens with zero attached hydrogens (tertiary/aromatic N) is 1. The van der Waals surface area contributed by atoms with Gasteiger partial charge in [0.15, 0.2) is 0 Å². The first-order valence-electron chi connectivity index (χ1n) is 9.93. The number of carbonyl (C=O) groups is 3. The van der Waals surface area contributed by atoms with Gasteiger partial charge in [-0.05, 0) is 29.9 Å². The maximum atomic E-state index is 12.4. The van der Waals surface area contributed by atoms with Crippen molar-refractivity contribution < 1.29 is 19.5 Å². The Morgan fingerprint density at radius 2 is 1.90 bits per heavy atom. The fourth-order valence-corrected chi connectivity index (χ4v) is 4.06. The van der Waals surface area contributed by atoms with Crippen molar-refractivity contribution in [2.24, 2.45) is 11.8 Å². The molecule has 3 amide bonds. The SMILES string of the molecule is C[C@@H]1C[C@H](C)CN(C(=O)CNC(=O)N[C@H](Cc2c[nH]c3ccccc23)C(=O)O)C1. The van der Waals surface area contributed by atoms with E-state index in [2.05, 4.69) is 29.5 Å². The Kier molecular flexibility index (Phi) is 6.41. The van der Waals surface area contributed by atoms with E-state index in [0.29, 0.717) is 24.9 Å². The maximum Gasteiger partial charge on any atom is 0.326 e. The van der Waals surface area contributed by atoms with Crippen LogP contribution < -0.4 is 10.6 Å². The van der Waals surface area contributed by atoms with Crippen LogP contribution in [0.5, 0.6) is 0 Å². The predicted molar refractivity (Wildman–Crippen MR) is 109 cm³/mol. The van der Waals surface area contributed by atoms with Crippen LogP contribution in [0, 0.1) is 11.8 Å². The average Bonchev–Trinajstić information content (AvgIpc) is 3.07. The molecule has 156 valence electrons. The lowest BCUT2D eigenvalue weighted by Crippen LogP contribution is -2.51. The highest BCUT2D eigenvalue weighted by Crippen LogP contribution is 2.21. The topological polar surface area (TPSA) is 115 Å². The van der Waals surface area contributed by atoms with Crippen molar-refractivity contribution in [3.63, 3.8) is 0 Å². The number of fused-ring (bicyclic) bond motifs is 1. The molecule has 1 aliphatic rings. The second-order valence-electron chi connectivity index (χ2n) is 8.03. The van der Waals surface area contributed by atoms with Crippen LogP contribution in [0.25, 0.3) is 10.9 Å². The zero-order valence-corrected chi connectivity index (χ0v) is 16.8. The highest BCUT2D eigenvalue weighted by atomic mass is 16.4. The fourth-order valence-electron chi connectivity index (χ4n) is 4.06. The minimum atomic E-state index is -1.13. The summed E-state index contributed by atoms with van der Waals surface area (Å²) in [5, 5.41) is 15.4. The Morgan fingerprint density at radius 1 is 1.21 bits per heavy atom. The van der Waals surface area contributed by atoms with E-state index < -0.39 is 18.0 Å². The van der Waals surface area contributed by atoms with Gasteiger partial charge in [-0.3, -0.25) is 4.79 Å². The molecule has 0 saturated carbocycles. The molecule has 0 unspecified atom stereocenters. The van der Waals surface area contributed by atoms with Gasteiger partial charge in [0, 0.05) is 36.6 Å². The van der Waals surface area contributed by atoms with Gasteiger partial charge in [-0.2, -0.15) is 0 Å². The number of urea groups is 1. The lowest BCUT2D eigenvalue weighted by molar-refractivity contribution is -0.139. The van der Waals surface area contributed by atoms with Gasteiger partial charge in [0.2, 0.25) is 5.91 Å². The summed E-state index contributed by atoms with van der Waals surface area (Å²) in [5.74, 6) is -0.411. The van der Waals surface area contributed by atoms with Crippen molar-refractivity contribution in [3.8, 4) is 0 Å². The molecule has 1 saturated heterocycles. The third kappa shape index (κ3) is 5.28. The summed E-state index contributed by atoms with van der Waals surface area (Å²) in [6.45, 7) is 5.44. The number of carboxylic acid groups (broad SMARTS) is 1. The minimum absolute atomic E-state index is 0.141. The van der Waals surface area contributed by atoms with E-state index in [4.69, 9.17) is 0 Å². The summed E-state index contributed by atoms with van der Waals surface area (Å²) in [6, 6.07) is 5.82. The molecule has 3 rings (SSSR count). The number of aromatic amines is 1. The van der Waals surface area contributed by atoms with Crippen LogP contribution in [0.3, 0.4) is 0 Å². The number of hydrogen-bond acceptors (Lipinski definition) is 3. The molecule has 29 heavy (non-hydrogen) atoms. The molecule has 8 nitrogen and oxygen atoms in total. The Morgan fingerprint density at radius 3 is 2.59 bits per heavy atom. The zero-order valence-electron chi connectivity index (χ0n) is 16.8. The molecular weight excluding hydrogens is 372 g/mol. The molecule has 1 fully saturated rings. The van der Waals surface area contributed by atoms with Gasteiger partial charge in [-0.25, -0.2) is 9.59 Å². The quantitative estimate of drug-likeness (QED) is 0.593. The minimum Gasteiger partial charge on any atom is -0.480 e. The first-order valence-corrected chi connectivity index (χ1v) is 9.93. The number of amides is 3. The standard InChI is InChI=1S/C21H28N4O4/c1-13-7-14(2)12-25(11-13)19(26)10-23-21(29)24-18(20(27)28)8-15-9-22-17-6-4-3-5-16(15)17/h3-6,9,13-14,18,22H,7-8,10-12H2,1-2H3,(H,27,28)(H2,23,24,29)/t13-,14+,18-/m1/s1. The van der Waals surface area contributed by atoms with Crippen molar-refractivity contribution >= 4 is 28.8 Å². The number of piperidine rings is 1. The Hall–Kier alpha value is -3.03. The van der Waals surface area contributed by atoms with Crippen molar-refractivity contribution in [2.75, 3.05) is 19.6 Å². The van der Waals surface area contributed by atoms with Crippen LogP contribution in [0.15, 0.2) is 30.5 Å². The molecule has 0 aliphatic carbocycles. The Balaban J connectivity index is 1.54. The fraction of sp³-hybridized carbons (Fsp3) is 0.476. The number of nitrogens with one attached hydrogen (secondary N) is 3. The van der Waals surface area contributed by atoms with Crippen LogP contribution in [0.4, 0.5) is 4.79 Å². The average molecular weight is 400 g/mol. The molecule has 8 heteroatoms. The number of carboxylic acids is 1. The number of benzene rings is 1. The van der Waals surface area contributed by atoms with Crippen LogP contribution in [-0.4, -0.2) is 58.6 Å². The van der Waals surface area contributed by atoms with Gasteiger partial charge in [0.25, 0.3) is 0 Å². The van der Waals surface area contributed by atoms with E-state index in [1.807, 2.05) is 24.3 Å². The molecule has 0 spiro atoms. The molecule has 2 heterocycles. The normalized spacial score (nSPS) is 20.3. The molecule has 3 atom stereocenters. The Bertz CT molecular complexity index is 884. The van der Waals surface area contributed by atoms with Crippen LogP contribution in [-0.2, 0) is 16.0 Å². The van der Waals surface area contributed by atoms with E-state index in [-0.39, 0.29) is 18.9 Å². The maximum absolute atomic E-state index is 12.4.